The van der Waals surface area contributed by atoms with Crippen LogP contribution in [0, 0.1) is 6.92 Å². The van der Waals surface area contributed by atoms with Crippen LogP contribution in [0.3, 0.4) is 0 Å². The summed E-state index contributed by atoms with van der Waals surface area (Å²) < 4.78 is 1.67. The van der Waals surface area contributed by atoms with Gasteiger partial charge in [-0.2, -0.15) is 9.61 Å². The minimum absolute atomic E-state index is 0.607. The lowest BCUT2D eigenvalue weighted by molar-refractivity contribution is 0.952. The molecule has 2 N–H and O–H groups in total. The van der Waals surface area contributed by atoms with Gasteiger partial charge in [0.1, 0.15) is 5.82 Å². The zero-order chi connectivity index (χ0) is 12.5. The molecule has 3 rings (SSSR count). The van der Waals surface area contributed by atoms with E-state index in [-0.39, 0.29) is 0 Å². The summed E-state index contributed by atoms with van der Waals surface area (Å²) in [7, 11) is 0. The maximum atomic E-state index is 5.85. The summed E-state index contributed by atoms with van der Waals surface area (Å²) in [6.45, 7) is 2.09. The first-order valence-electron chi connectivity index (χ1n) is 5.87. The first-order valence-corrected chi connectivity index (χ1v) is 5.87. The molecule has 4 nitrogen and oxygen atoms in total. The zero-order valence-corrected chi connectivity index (χ0v) is 10.2. The zero-order valence-electron chi connectivity index (χ0n) is 10.2. The summed E-state index contributed by atoms with van der Waals surface area (Å²) in [6.07, 6.45) is 4.37. The van der Waals surface area contributed by atoms with E-state index in [1.165, 1.54) is 11.1 Å². The summed E-state index contributed by atoms with van der Waals surface area (Å²) in [5, 5.41) is 4.27. The van der Waals surface area contributed by atoms with Gasteiger partial charge in [0.15, 0.2) is 5.65 Å². The quantitative estimate of drug-likeness (QED) is 0.744. The second kappa shape index (κ2) is 4.14. The molecule has 0 fully saturated rings. The summed E-state index contributed by atoms with van der Waals surface area (Å²) >= 11 is 0. The van der Waals surface area contributed by atoms with Crippen LogP contribution in [0.15, 0.2) is 42.7 Å². The van der Waals surface area contributed by atoms with E-state index >= 15 is 0 Å². The molecule has 4 heteroatoms. The summed E-state index contributed by atoms with van der Waals surface area (Å²) in [5.41, 5.74) is 10.3. The average molecular weight is 238 g/mol. The van der Waals surface area contributed by atoms with Gasteiger partial charge in [-0.05, 0) is 18.6 Å². The van der Waals surface area contributed by atoms with Gasteiger partial charge in [0.05, 0.1) is 6.20 Å². The van der Waals surface area contributed by atoms with Crippen LogP contribution in [-0.2, 0) is 6.42 Å². The van der Waals surface area contributed by atoms with Crippen molar-refractivity contribution in [2.45, 2.75) is 13.3 Å². The van der Waals surface area contributed by atoms with E-state index < -0.39 is 0 Å². The van der Waals surface area contributed by atoms with E-state index in [0.717, 1.165) is 17.6 Å². The lowest BCUT2D eigenvalue weighted by Gasteiger charge is -2.02. The molecule has 2 aromatic heterocycles. The maximum Gasteiger partial charge on any atom is 0.160 e. The van der Waals surface area contributed by atoms with E-state index in [1.807, 2.05) is 6.20 Å². The molecule has 0 saturated heterocycles. The van der Waals surface area contributed by atoms with Crippen LogP contribution < -0.4 is 5.73 Å². The number of aromatic nitrogens is 3. The van der Waals surface area contributed by atoms with Crippen molar-refractivity contribution in [3.05, 3.63) is 59.4 Å². The molecule has 3 aromatic rings. The first-order chi connectivity index (χ1) is 8.74. The highest BCUT2D eigenvalue weighted by molar-refractivity contribution is 5.52. The van der Waals surface area contributed by atoms with E-state index in [4.69, 9.17) is 5.73 Å². The molecule has 0 bridgehead atoms. The van der Waals surface area contributed by atoms with Crippen LogP contribution in [0.1, 0.15) is 16.7 Å². The van der Waals surface area contributed by atoms with Crippen molar-refractivity contribution in [3.8, 4) is 0 Å². The Morgan fingerprint density at radius 2 is 2.17 bits per heavy atom. The Kier molecular flexibility index (Phi) is 2.48. The fraction of sp³-hybridized carbons (Fsp3) is 0.143. The summed E-state index contributed by atoms with van der Waals surface area (Å²) in [4.78, 5) is 4.34. The van der Waals surface area contributed by atoms with E-state index in [0.29, 0.717) is 5.82 Å². The number of hydrogen-bond donors (Lipinski definition) is 1. The Labute approximate surface area is 105 Å². The Bertz CT molecular complexity index is 700. The van der Waals surface area contributed by atoms with Crippen LogP contribution in [0.5, 0.6) is 0 Å². The number of rotatable bonds is 2. The van der Waals surface area contributed by atoms with Gasteiger partial charge >= 0.3 is 0 Å². The van der Waals surface area contributed by atoms with E-state index in [9.17, 15) is 0 Å². The Hall–Kier alpha value is -2.36. The topological polar surface area (TPSA) is 56.2 Å². The fourth-order valence-corrected chi connectivity index (χ4v) is 2.12. The highest BCUT2D eigenvalue weighted by Crippen LogP contribution is 2.16. The highest BCUT2D eigenvalue weighted by Gasteiger charge is 2.07. The maximum absolute atomic E-state index is 5.85. The van der Waals surface area contributed by atoms with E-state index in [2.05, 4.69) is 41.3 Å². The number of aryl methyl sites for hydroxylation is 1. The number of nitrogens with zero attached hydrogens (tertiary/aromatic N) is 3. The van der Waals surface area contributed by atoms with Crippen molar-refractivity contribution in [3.63, 3.8) is 0 Å². The number of nitrogen functional groups attached to an aromatic ring is 1. The van der Waals surface area contributed by atoms with Gasteiger partial charge in [-0.15, -0.1) is 0 Å². The minimum Gasteiger partial charge on any atom is -0.384 e. The highest BCUT2D eigenvalue weighted by atomic mass is 15.3. The van der Waals surface area contributed by atoms with Gasteiger partial charge in [-0.3, -0.25) is 0 Å². The monoisotopic (exact) mass is 238 g/mol. The van der Waals surface area contributed by atoms with Crippen LogP contribution in [0.4, 0.5) is 5.82 Å². The Morgan fingerprint density at radius 3 is 3.00 bits per heavy atom. The molecule has 18 heavy (non-hydrogen) atoms. The van der Waals surface area contributed by atoms with Crippen molar-refractivity contribution >= 4 is 11.5 Å². The number of fused-ring (bicyclic) bond motifs is 1. The average Bonchev–Trinajstić information content (AvgIpc) is 2.74. The number of anilines is 1. The molecule has 0 radical (unpaired) electrons. The third-order valence-corrected chi connectivity index (χ3v) is 2.98. The first kappa shape index (κ1) is 10.8. The second-order valence-corrected chi connectivity index (χ2v) is 4.44. The molecule has 0 spiro atoms. The van der Waals surface area contributed by atoms with Gasteiger partial charge in [0, 0.05) is 18.2 Å². The predicted octanol–water partition coefficient (Wildman–Crippen LogP) is 2.21. The van der Waals surface area contributed by atoms with Gasteiger partial charge in [0.25, 0.3) is 0 Å². The lowest BCUT2D eigenvalue weighted by atomic mass is 10.1. The molecule has 1 aromatic carbocycles. The largest absolute Gasteiger partial charge is 0.384 e. The molecule has 0 aliphatic heterocycles. The van der Waals surface area contributed by atoms with Crippen molar-refractivity contribution in [2.24, 2.45) is 0 Å². The number of benzene rings is 1. The molecule has 2 heterocycles. The third-order valence-electron chi connectivity index (χ3n) is 2.98. The van der Waals surface area contributed by atoms with Gasteiger partial charge < -0.3 is 5.73 Å². The van der Waals surface area contributed by atoms with Gasteiger partial charge in [0.2, 0.25) is 0 Å². The standard InChI is InChI=1S/C14H14N4/c1-10-3-2-4-11(7-10)8-12-9-17-18-13(15)5-6-16-14(12)18/h2-7,9H,8,15H2,1H3. The molecular weight excluding hydrogens is 224 g/mol. The smallest absolute Gasteiger partial charge is 0.160 e. The number of nitrogens with two attached hydrogens (primary N) is 1. The van der Waals surface area contributed by atoms with Gasteiger partial charge in [-0.25, -0.2) is 4.98 Å². The fourth-order valence-electron chi connectivity index (χ4n) is 2.12. The second-order valence-electron chi connectivity index (χ2n) is 4.44. The molecule has 0 aliphatic rings. The molecule has 0 amide bonds. The van der Waals surface area contributed by atoms with Crippen LogP contribution in [-0.4, -0.2) is 14.6 Å². The van der Waals surface area contributed by atoms with Crippen LogP contribution >= 0.6 is 0 Å². The lowest BCUT2D eigenvalue weighted by Crippen LogP contribution is -1.99. The van der Waals surface area contributed by atoms with Crippen molar-refractivity contribution in [1.82, 2.24) is 14.6 Å². The van der Waals surface area contributed by atoms with Crippen LogP contribution in [0.25, 0.3) is 5.65 Å². The van der Waals surface area contributed by atoms with Crippen molar-refractivity contribution in [2.75, 3.05) is 5.73 Å². The Morgan fingerprint density at radius 1 is 1.28 bits per heavy atom. The number of hydrogen-bond acceptors (Lipinski definition) is 3. The molecular formula is C14H14N4. The molecule has 0 aliphatic carbocycles. The molecule has 0 atom stereocenters. The van der Waals surface area contributed by atoms with Crippen LogP contribution in [0.2, 0.25) is 0 Å². The predicted molar refractivity (Wildman–Crippen MR) is 71.4 cm³/mol. The molecule has 90 valence electrons. The van der Waals surface area contributed by atoms with E-state index in [1.54, 1.807) is 16.8 Å². The molecule has 0 saturated carbocycles. The normalized spacial score (nSPS) is 10.9. The van der Waals surface area contributed by atoms with Crippen molar-refractivity contribution in [1.29, 1.82) is 0 Å². The Balaban J connectivity index is 2.03. The molecule has 0 unspecified atom stereocenters. The summed E-state index contributed by atoms with van der Waals surface area (Å²) in [6, 6.07) is 10.2. The minimum atomic E-state index is 0.607. The van der Waals surface area contributed by atoms with Gasteiger partial charge in [-0.1, -0.05) is 29.8 Å². The third kappa shape index (κ3) is 1.82. The summed E-state index contributed by atoms with van der Waals surface area (Å²) in [5.74, 6) is 0.607. The van der Waals surface area contributed by atoms with Crippen molar-refractivity contribution < 1.29 is 0 Å². The SMILES string of the molecule is Cc1cccc(Cc2cnn3c(N)ccnc23)c1.